The Hall–Kier alpha value is -4.79. The molecule has 0 amide bonds. The molecule has 37 heavy (non-hydrogen) atoms. The fraction of sp³-hybridized carbons (Fsp3) is 0.200. The second-order valence-electron chi connectivity index (χ2n) is 8.42. The van der Waals surface area contributed by atoms with Gasteiger partial charge in [0.25, 0.3) is 0 Å². The summed E-state index contributed by atoms with van der Waals surface area (Å²) in [5.74, 6) is 1.02. The maximum atomic E-state index is 13.3. The van der Waals surface area contributed by atoms with Gasteiger partial charge in [0.05, 0.1) is 23.6 Å². The average Bonchev–Trinajstić information content (AvgIpc) is 3.32. The highest BCUT2D eigenvalue weighted by Crippen LogP contribution is 2.41. The van der Waals surface area contributed by atoms with Gasteiger partial charge in [-0.05, 0) is 38.1 Å². The third kappa shape index (κ3) is 5.25. The normalized spacial score (nSPS) is 11.6. The molecular formula is C25H21F3N6O3. The first-order valence-corrected chi connectivity index (χ1v) is 10.8. The fourth-order valence-electron chi connectivity index (χ4n) is 3.27. The molecule has 4 aromatic rings. The van der Waals surface area contributed by atoms with Gasteiger partial charge in [-0.25, -0.2) is 9.97 Å². The Labute approximate surface area is 209 Å². The topological polar surface area (TPSA) is 118 Å². The Morgan fingerprint density at radius 3 is 2.59 bits per heavy atom. The number of aromatic nitrogens is 3. The zero-order valence-corrected chi connectivity index (χ0v) is 20.0. The number of nitrogens with zero attached hydrogens (tertiary/aromatic N) is 4. The van der Waals surface area contributed by atoms with E-state index in [9.17, 15) is 18.4 Å². The maximum absolute atomic E-state index is 13.3. The van der Waals surface area contributed by atoms with Crippen LogP contribution in [0.3, 0.4) is 0 Å². The molecule has 0 aliphatic rings. The van der Waals surface area contributed by atoms with Crippen molar-refractivity contribution in [3.05, 3.63) is 72.5 Å². The Bertz CT molecular complexity index is 1510. The number of halogens is 3. The molecule has 2 N–H and O–H groups in total. The number of ether oxygens (including phenoxy) is 2. The number of anilines is 2. The van der Waals surface area contributed by atoms with Crippen LogP contribution >= 0.6 is 0 Å². The van der Waals surface area contributed by atoms with Crippen LogP contribution in [0.2, 0.25) is 0 Å². The van der Waals surface area contributed by atoms with Crippen LogP contribution in [-0.2, 0) is 5.41 Å². The summed E-state index contributed by atoms with van der Waals surface area (Å²) in [5.41, 5.74) is -0.795. The number of hydrogen-bond acceptors (Lipinski definition) is 9. The predicted octanol–water partition coefficient (Wildman–Crippen LogP) is 6.13. The monoisotopic (exact) mass is 510 g/mol. The number of nitriles is 1. The summed E-state index contributed by atoms with van der Waals surface area (Å²) in [7, 11) is 1.46. The minimum atomic E-state index is -4.50. The van der Waals surface area contributed by atoms with Gasteiger partial charge in [0, 0.05) is 17.8 Å². The highest BCUT2D eigenvalue weighted by molar-refractivity contribution is 5.86. The molecule has 0 unspecified atom stereocenters. The van der Waals surface area contributed by atoms with E-state index in [1.54, 1.807) is 36.4 Å². The van der Waals surface area contributed by atoms with E-state index >= 15 is 0 Å². The van der Waals surface area contributed by atoms with E-state index in [0.717, 1.165) is 13.8 Å². The van der Waals surface area contributed by atoms with Crippen molar-refractivity contribution in [1.82, 2.24) is 15.1 Å². The van der Waals surface area contributed by atoms with Gasteiger partial charge in [-0.15, -0.1) is 0 Å². The summed E-state index contributed by atoms with van der Waals surface area (Å²) < 4.78 is 55.9. The minimum absolute atomic E-state index is 0.0652. The molecule has 12 heteroatoms. The van der Waals surface area contributed by atoms with Crippen molar-refractivity contribution < 1.29 is 27.2 Å². The van der Waals surface area contributed by atoms with Crippen molar-refractivity contribution in [3.8, 4) is 23.4 Å². The summed E-state index contributed by atoms with van der Waals surface area (Å²) >= 11 is 0. The van der Waals surface area contributed by atoms with Gasteiger partial charge in [-0.3, -0.25) is 0 Å². The van der Waals surface area contributed by atoms with Gasteiger partial charge in [0.15, 0.2) is 11.6 Å². The Balaban J connectivity index is 1.49. The van der Waals surface area contributed by atoms with E-state index in [1.165, 1.54) is 19.5 Å². The largest absolute Gasteiger partial charge is 0.495 e. The second kappa shape index (κ2) is 9.69. The van der Waals surface area contributed by atoms with Gasteiger partial charge >= 0.3 is 6.18 Å². The molecule has 4 rings (SSSR count). The quantitative estimate of drug-likeness (QED) is 0.289. The van der Waals surface area contributed by atoms with Crippen LogP contribution in [0.1, 0.15) is 25.2 Å². The SMILES string of the molecule is C=C(Nc1cccc(Oc2ncnc3cc(C#N)c(OC)cc23)c1)Nc1cc(C(C)(C)C(F)(F)F)on1. The molecule has 2 aromatic carbocycles. The molecule has 0 bridgehead atoms. The van der Waals surface area contributed by atoms with Crippen LogP contribution in [0, 0.1) is 11.3 Å². The van der Waals surface area contributed by atoms with E-state index in [2.05, 4.69) is 38.4 Å². The van der Waals surface area contributed by atoms with Crippen LogP contribution in [0.5, 0.6) is 17.4 Å². The minimum Gasteiger partial charge on any atom is -0.495 e. The lowest BCUT2D eigenvalue weighted by Gasteiger charge is -2.24. The number of nitrogens with one attached hydrogen (secondary N) is 2. The molecule has 0 aliphatic carbocycles. The molecule has 190 valence electrons. The van der Waals surface area contributed by atoms with Crippen LogP contribution in [-0.4, -0.2) is 28.4 Å². The zero-order valence-electron chi connectivity index (χ0n) is 20.0. The number of benzene rings is 2. The van der Waals surface area contributed by atoms with Crippen LogP contribution in [0.15, 0.2) is 65.7 Å². The Morgan fingerprint density at radius 1 is 1.11 bits per heavy atom. The fourth-order valence-corrected chi connectivity index (χ4v) is 3.27. The van der Waals surface area contributed by atoms with Gasteiger partial charge in [0.2, 0.25) is 5.88 Å². The lowest BCUT2D eigenvalue weighted by Crippen LogP contribution is -2.35. The summed E-state index contributed by atoms with van der Waals surface area (Å²) in [6, 6.07) is 13.3. The molecule has 0 atom stereocenters. The standard InChI is InChI=1S/C25H21F3N6O3/c1-14(33-22-11-21(37-34-22)24(2,3)25(26,27)28)32-16-6-5-7-17(9-16)36-23-18-10-20(35-4)15(12-29)8-19(18)30-13-31-23/h5-11,13,32H,1H2,2-4H3,(H,33,34). The average molecular weight is 510 g/mol. The highest BCUT2D eigenvalue weighted by atomic mass is 19.4. The first kappa shape index (κ1) is 25.3. The zero-order chi connectivity index (χ0) is 26.8. The van der Waals surface area contributed by atoms with Crippen molar-refractivity contribution in [2.75, 3.05) is 17.7 Å². The first-order valence-electron chi connectivity index (χ1n) is 10.8. The molecule has 0 saturated heterocycles. The summed E-state index contributed by atoms with van der Waals surface area (Å²) in [6.45, 7) is 5.85. The predicted molar refractivity (Wildman–Crippen MR) is 129 cm³/mol. The summed E-state index contributed by atoms with van der Waals surface area (Å²) in [4.78, 5) is 8.39. The van der Waals surface area contributed by atoms with E-state index in [4.69, 9.17) is 14.0 Å². The van der Waals surface area contributed by atoms with Crippen molar-refractivity contribution in [3.63, 3.8) is 0 Å². The number of alkyl halides is 3. The lowest BCUT2D eigenvalue weighted by atomic mass is 9.89. The van der Waals surface area contributed by atoms with E-state index < -0.39 is 11.6 Å². The first-order chi connectivity index (χ1) is 17.5. The van der Waals surface area contributed by atoms with Crippen molar-refractivity contribution in [2.24, 2.45) is 0 Å². The Kier molecular flexibility index (Phi) is 6.63. The third-order valence-electron chi connectivity index (χ3n) is 5.50. The van der Waals surface area contributed by atoms with E-state index in [0.29, 0.717) is 33.7 Å². The summed E-state index contributed by atoms with van der Waals surface area (Å²) in [5, 5.41) is 19.3. The van der Waals surface area contributed by atoms with Crippen LogP contribution in [0.25, 0.3) is 10.9 Å². The van der Waals surface area contributed by atoms with Gasteiger partial charge < -0.3 is 24.6 Å². The number of methoxy groups -OCH3 is 1. The van der Waals surface area contributed by atoms with Crippen LogP contribution in [0.4, 0.5) is 24.7 Å². The lowest BCUT2D eigenvalue weighted by molar-refractivity contribution is -0.185. The molecule has 0 radical (unpaired) electrons. The molecular weight excluding hydrogens is 489 g/mol. The number of fused-ring (bicyclic) bond motifs is 1. The Morgan fingerprint density at radius 2 is 1.89 bits per heavy atom. The van der Waals surface area contributed by atoms with Crippen molar-refractivity contribution in [2.45, 2.75) is 25.4 Å². The van der Waals surface area contributed by atoms with Gasteiger partial charge in [-0.2, -0.15) is 18.4 Å². The molecule has 0 saturated carbocycles. The van der Waals surface area contributed by atoms with Gasteiger partial charge in [-0.1, -0.05) is 17.8 Å². The molecule has 2 aromatic heterocycles. The smallest absolute Gasteiger partial charge is 0.401 e. The third-order valence-corrected chi connectivity index (χ3v) is 5.50. The van der Waals surface area contributed by atoms with E-state index in [1.807, 2.05) is 0 Å². The molecule has 0 fully saturated rings. The van der Waals surface area contributed by atoms with Crippen molar-refractivity contribution >= 4 is 22.4 Å². The maximum Gasteiger partial charge on any atom is 0.401 e. The number of rotatable bonds is 8. The van der Waals surface area contributed by atoms with Gasteiger partial charge in [0.1, 0.15) is 35.1 Å². The number of hydrogen-bond donors (Lipinski definition) is 2. The molecule has 9 nitrogen and oxygen atoms in total. The molecule has 0 aliphatic heterocycles. The van der Waals surface area contributed by atoms with Crippen molar-refractivity contribution in [1.29, 1.82) is 5.26 Å². The second-order valence-corrected chi connectivity index (χ2v) is 8.42. The molecule has 0 spiro atoms. The molecule has 2 heterocycles. The van der Waals surface area contributed by atoms with Crippen LogP contribution < -0.4 is 20.1 Å². The summed E-state index contributed by atoms with van der Waals surface area (Å²) in [6.07, 6.45) is -3.18. The van der Waals surface area contributed by atoms with E-state index in [-0.39, 0.29) is 23.3 Å². The highest BCUT2D eigenvalue weighted by Gasteiger charge is 2.51.